The van der Waals surface area contributed by atoms with Crippen molar-refractivity contribution in [2.75, 3.05) is 0 Å². The van der Waals surface area contributed by atoms with Crippen LogP contribution in [0, 0.1) is 5.92 Å². The van der Waals surface area contributed by atoms with Gasteiger partial charge in [-0.05, 0) is 30.0 Å². The van der Waals surface area contributed by atoms with E-state index in [4.69, 9.17) is 4.55 Å². The van der Waals surface area contributed by atoms with Gasteiger partial charge in [0.15, 0.2) is 11.6 Å². The van der Waals surface area contributed by atoms with Crippen LogP contribution in [-0.2, 0) is 32.5 Å². The van der Waals surface area contributed by atoms with Crippen LogP contribution < -0.4 is 0 Å². The van der Waals surface area contributed by atoms with Gasteiger partial charge in [0.05, 0.1) is 0 Å². The molecule has 1 aromatic carbocycles. The highest BCUT2D eigenvalue weighted by Gasteiger charge is 2.46. The molecule has 0 saturated carbocycles. The van der Waals surface area contributed by atoms with Crippen LogP contribution in [-0.4, -0.2) is 29.8 Å². The van der Waals surface area contributed by atoms with Crippen molar-refractivity contribution in [1.82, 2.24) is 0 Å². The number of Topliss-reactive ketones (excluding diaryl/α,β-unsaturated/α-hetero) is 1. The Balaban J connectivity index is 2.07. The fraction of sp³-hybridized carbons (Fsp3) is 0.286. The Morgan fingerprint density at radius 3 is 2.40 bits per heavy atom. The smallest absolute Gasteiger partial charge is 0.282 e. The molecule has 20 heavy (non-hydrogen) atoms. The van der Waals surface area contributed by atoms with Crippen molar-refractivity contribution >= 4 is 21.7 Å². The van der Waals surface area contributed by atoms with Crippen LogP contribution in [0.1, 0.15) is 11.1 Å². The molecular weight excluding hydrogens is 280 g/mol. The molecule has 0 saturated heterocycles. The van der Waals surface area contributed by atoms with E-state index in [0.29, 0.717) is 18.4 Å². The fourth-order valence-electron chi connectivity index (χ4n) is 2.93. The van der Waals surface area contributed by atoms with E-state index in [1.54, 1.807) is 0 Å². The van der Waals surface area contributed by atoms with Gasteiger partial charge in [0.25, 0.3) is 10.1 Å². The van der Waals surface area contributed by atoms with Gasteiger partial charge in [0.2, 0.25) is 5.25 Å². The van der Waals surface area contributed by atoms with Crippen LogP contribution in [0.3, 0.4) is 0 Å². The quantitative estimate of drug-likeness (QED) is 0.609. The van der Waals surface area contributed by atoms with Crippen molar-refractivity contribution in [2.45, 2.75) is 18.1 Å². The molecule has 0 spiro atoms. The maximum atomic E-state index is 12.2. The molecule has 3 rings (SSSR count). The summed E-state index contributed by atoms with van der Waals surface area (Å²) in [5, 5.41) is -1.96. The number of benzene rings is 1. The zero-order valence-electron chi connectivity index (χ0n) is 10.4. The molecule has 2 aliphatic carbocycles. The summed E-state index contributed by atoms with van der Waals surface area (Å²) in [6, 6.07) is 7.55. The van der Waals surface area contributed by atoms with Crippen LogP contribution in [0.25, 0.3) is 0 Å². The van der Waals surface area contributed by atoms with Gasteiger partial charge < -0.3 is 0 Å². The molecule has 0 aliphatic heterocycles. The third-order valence-corrected chi connectivity index (χ3v) is 4.93. The van der Waals surface area contributed by atoms with E-state index in [1.165, 1.54) is 6.08 Å². The number of hydrogen-bond donors (Lipinski definition) is 1. The summed E-state index contributed by atoms with van der Waals surface area (Å²) in [6.45, 7) is 0. The molecule has 0 bridgehead atoms. The summed E-state index contributed by atoms with van der Waals surface area (Å²) in [5.41, 5.74) is 2.66. The van der Waals surface area contributed by atoms with Crippen LogP contribution in [0.2, 0.25) is 0 Å². The van der Waals surface area contributed by atoms with E-state index in [9.17, 15) is 18.0 Å². The normalized spacial score (nSPS) is 25.8. The molecule has 0 radical (unpaired) electrons. The molecule has 0 amide bonds. The Morgan fingerprint density at radius 2 is 1.75 bits per heavy atom. The molecule has 6 heteroatoms. The molecule has 104 valence electrons. The maximum absolute atomic E-state index is 12.2. The second kappa shape index (κ2) is 4.36. The first-order chi connectivity index (χ1) is 9.38. The summed E-state index contributed by atoms with van der Waals surface area (Å²) in [5.74, 6) is -2.19. The van der Waals surface area contributed by atoms with Gasteiger partial charge in [-0.3, -0.25) is 14.1 Å². The standard InChI is InChI=1S/C14H12O5S/c15-12-7-10-5-8-3-1-2-4-9(8)6-11(10)13(16)14(12)20(17,18)19/h1-4,7,11,14H,5-6H2,(H,17,18,19). The molecule has 2 unspecified atom stereocenters. The molecular formula is C14H12O5S. The van der Waals surface area contributed by atoms with Gasteiger partial charge in [-0.25, -0.2) is 0 Å². The van der Waals surface area contributed by atoms with Gasteiger partial charge in [-0.15, -0.1) is 0 Å². The molecule has 5 nitrogen and oxygen atoms in total. The minimum atomic E-state index is -4.70. The highest BCUT2D eigenvalue weighted by molar-refractivity contribution is 7.88. The maximum Gasteiger partial charge on any atom is 0.282 e. The third-order valence-electron chi connectivity index (χ3n) is 3.87. The Kier molecular flexibility index (Phi) is 2.88. The zero-order chi connectivity index (χ0) is 14.5. The monoisotopic (exact) mass is 292 g/mol. The average Bonchev–Trinajstić information content (AvgIpc) is 2.35. The number of rotatable bonds is 1. The van der Waals surface area contributed by atoms with E-state index in [1.807, 2.05) is 24.3 Å². The molecule has 1 N–H and O–H groups in total. The molecule has 0 heterocycles. The highest BCUT2D eigenvalue weighted by Crippen LogP contribution is 2.34. The Hall–Kier alpha value is -1.79. The summed E-state index contributed by atoms with van der Waals surface area (Å²) < 4.78 is 31.5. The number of carbonyl (C=O) groups excluding carboxylic acids is 2. The number of allylic oxidation sites excluding steroid dienone is 2. The van der Waals surface area contributed by atoms with Crippen molar-refractivity contribution < 1.29 is 22.6 Å². The lowest BCUT2D eigenvalue weighted by atomic mass is 9.74. The van der Waals surface area contributed by atoms with Gasteiger partial charge in [0.1, 0.15) is 0 Å². The van der Waals surface area contributed by atoms with Crippen molar-refractivity contribution in [3.05, 3.63) is 47.0 Å². The van der Waals surface area contributed by atoms with Crippen LogP contribution in [0.15, 0.2) is 35.9 Å². The lowest BCUT2D eigenvalue weighted by molar-refractivity contribution is -0.127. The second-order valence-corrected chi connectivity index (χ2v) is 6.62. The fourth-order valence-corrected chi connectivity index (χ4v) is 3.75. The summed E-state index contributed by atoms with van der Waals surface area (Å²) in [4.78, 5) is 24.0. The first-order valence-electron chi connectivity index (χ1n) is 6.19. The van der Waals surface area contributed by atoms with Crippen LogP contribution in [0.5, 0.6) is 0 Å². The second-order valence-electron chi connectivity index (χ2n) is 5.12. The summed E-state index contributed by atoms with van der Waals surface area (Å²) in [7, 11) is -4.70. The van der Waals surface area contributed by atoms with E-state index < -0.39 is 32.9 Å². The van der Waals surface area contributed by atoms with Gasteiger partial charge >= 0.3 is 0 Å². The number of fused-ring (bicyclic) bond motifs is 2. The lowest BCUT2D eigenvalue weighted by Gasteiger charge is -2.31. The van der Waals surface area contributed by atoms with Gasteiger partial charge in [0, 0.05) is 5.92 Å². The molecule has 2 aliphatic rings. The topological polar surface area (TPSA) is 88.5 Å². The van der Waals surface area contributed by atoms with E-state index in [2.05, 4.69) is 0 Å². The SMILES string of the molecule is O=C1C=C2Cc3ccccc3CC2C(=O)C1S(=O)(=O)O. The predicted octanol–water partition coefficient (Wildman–Crippen LogP) is 0.736. The van der Waals surface area contributed by atoms with Gasteiger partial charge in [-0.2, -0.15) is 8.42 Å². The summed E-state index contributed by atoms with van der Waals surface area (Å²) >= 11 is 0. The zero-order valence-corrected chi connectivity index (χ0v) is 11.3. The first-order valence-corrected chi connectivity index (χ1v) is 7.69. The predicted molar refractivity (Wildman–Crippen MR) is 70.8 cm³/mol. The number of carbonyl (C=O) groups is 2. The van der Waals surface area contributed by atoms with Crippen molar-refractivity contribution in [1.29, 1.82) is 0 Å². The minimum absolute atomic E-state index is 0.375. The lowest BCUT2D eigenvalue weighted by Crippen LogP contribution is -2.46. The first kappa shape index (κ1) is 13.2. The molecule has 2 atom stereocenters. The third kappa shape index (κ3) is 2.01. The van der Waals surface area contributed by atoms with Crippen molar-refractivity contribution in [3.8, 4) is 0 Å². The van der Waals surface area contributed by atoms with Crippen LogP contribution in [0.4, 0.5) is 0 Å². The molecule has 0 aromatic heterocycles. The number of ketones is 2. The van der Waals surface area contributed by atoms with E-state index in [-0.39, 0.29) is 0 Å². The van der Waals surface area contributed by atoms with Crippen LogP contribution >= 0.6 is 0 Å². The largest absolute Gasteiger partial charge is 0.297 e. The Labute approximate surface area is 116 Å². The van der Waals surface area contributed by atoms with Crippen molar-refractivity contribution in [3.63, 3.8) is 0 Å². The Morgan fingerprint density at radius 1 is 1.10 bits per heavy atom. The van der Waals surface area contributed by atoms with Gasteiger partial charge in [-0.1, -0.05) is 29.8 Å². The van der Waals surface area contributed by atoms with E-state index >= 15 is 0 Å². The Bertz CT molecular complexity index is 745. The summed E-state index contributed by atoms with van der Waals surface area (Å²) in [6.07, 6.45) is 2.05. The van der Waals surface area contributed by atoms with E-state index in [0.717, 1.165) is 11.1 Å². The average molecular weight is 292 g/mol. The molecule has 1 aromatic rings. The van der Waals surface area contributed by atoms with Crippen molar-refractivity contribution in [2.24, 2.45) is 5.92 Å². The molecule has 0 fully saturated rings. The minimum Gasteiger partial charge on any atom is -0.297 e. The number of hydrogen-bond acceptors (Lipinski definition) is 4. The highest BCUT2D eigenvalue weighted by atomic mass is 32.2.